The van der Waals surface area contributed by atoms with Crippen LogP contribution in [0.3, 0.4) is 0 Å². The van der Waals surface area contributed by atoms with Crippen LogP contribution >= 0.6 is 0 Å². The summed E-state index contributed by atoms with van der Waals surface area (Å²) in [4.78, 5) is 13.4. The monoisotopic (exact) mass is 222 g/mol. The van der Waals surface area contributed by atoms with Crippen molar-refractivity contribution in [3.63, 3.8) is 0 Å². The van der Waals surface area contributed by atoms with Gasteiger partial charge >= 0.3 is 0 Å². The van der Waals surface area contributed by atoms with Crippen molar-refractivity contribution in [1.29, 1.82) is 0 Å². The van der Waals surface area contributed by atoms with Crippen molar-refractivity contribution < 1.29 is 14.1 Å². The molecule has 5 nitrogen and oxygen atoms in total. The summed E-state index contributed by atoms with van der Waals surface area (Å²) in [7, 11) is 1.54. The van der Waals surface area contributed by atoms with Gasteiger partial charge < -0.3 is 14.2 Å². The Balaban J connectivity index is 2.75. The van der Waals surface area contributed by atoms with Gasteiger partial charge in [0.05, 0.1) is 6.54 Å². The average Bonchev–Trinajstić information content (AvgIpc) is 2.74. The maximum atomic E-state index is 11.9. The highest BCUT2D eigenvalue weighted by Gasteiger charge is 2.17. The summed E-state index contributed by atoms with van der Waals surface area (Å²) in [6.45, 7) is 2.95. The van der Waals surface area contributed by atoms with E-state index in [0.29, 0.717) is 18.9 Å². The standard InChI is InChI=1S/C11H14N2O3/c1-4-6-13(5-2)11(14)10-7-9(8-15-3)16-12-10/h1,7H,5-6,8H2,2-3H3. The molecule has 0 radical (unpaired) electrons. The van der Waals surface area contributed by atoms with E-state index in [2.05, 4.69) is 11.1 Å². The van der Waals surface area contributed by atoms with Crippen molar-refractivity contribution in [3.05, 3.63) is 17.5 Å². The van der Waals surface area contributed by atoms with Gasteiger partial charge in [-0.05, 0) is 6.92 Å². The summed E-state index contributed by atoms with van der Waals surface area (Å²) in [6.07, 6.45) is 5.17. The van der Waals surface area contributed by atoms with Crippen LogP contribution in [0.1, 0.15) is 23.2 Å². The van der Waals surface area contributed by atoms with Crippen LogP contribution in [0.5, 0.6) is 0 Å². The number of terminal acetylenes is 1. The lowest BCUT2D eigenvalue weighted by Crippen LogP contribution is -2.31. The Hall–Kier alpha value is -1.80. The molecule has 0 saturated carbocycles. The number of nitrogens with zero attached hydrogens (tertiary/aromatic N) is 2. The number of rotatable bonds is 5. The lowest BCUT2D eigenvalue weighted by molar-refractivity contribution is 0.0774. The van der Waals surface area contributed by atoms with Gasteiger partial charge in [-0.1, -0.05) is 11.1 Å². The second-order valence-corrected chi connectivity index (χ2v) is 3.13. The summed E-state index contributed by atoms with van der Waals surface area (Å²) in [6, 6.07) is 1.56. The smallest absolute Gasteiger partial charge is 0.276 e. The highest BCUT2D eigenvalue weighted by atomic mass is 16.5. The van der Waals surface area contributed by atoms with Gasteiger partial charge in [-0.3, -0.25) is 4.79 Å². The second kappa shape index (κ2) is 5.93. The first kappa shape index (κ1) is 12.3. The molecular formula is C11H14N2O3. The Labute approximate surface area is 94.4 Å². The molecule has 0 atom stereocenters. The molecule has 0 bridgehead atoms. The van der Waals surface area contributed by atoms with E-state index >= 15 is 0 Å². The predicted molar refractivity (Wildman–Crippen MR) is 57.6 cm³/mol. The van der Waals surface area contributed by atoms with Gasteiger partial charge in [0.2, 0.25) is 0 Å². The third-order valence-electron chi connectivity index (χ3n) is 2.02. The maximum Gasteiger partial charge on any atom is 0.276 e. The van der Waals surface area contributed by atoms with E-state index in [1.165, 1.54) is 4.90 Å². The fourth-order valence-corrected chi connectivity index (χ4v) is 1.22. The SMILES string of the molecule is C#CCN(CC)C(=O)c1cc(COC)on1. The van der Waals surface area contributed by atoms with E-state index in [-0.39, 0.29) is 18.1 Å². The van der Waals surface area contributed by atoms with Crippen LogP contribution in [0.2, 0.25) is 0 Å². The van der Waals surface area contributed by atoms with E-state index in [4.69, 9.17) is 15.7 Å². The molecule has 0 spiro atoms. The predicted octanol–water partition coefficient (Wildman–Crippen LogP) is 0.916. The third kappa shape index (κ3) is 2.84. The number of methoxy groups -OCH3 is 1. The molecule has 1 aromatic rings. The number of hydrogen-bond donors (Lipinski definition) is 0. The van der Waals surface area contributed by atoms with Gasteiger partial charge in [-0.2, -0.15) is 0 Å². The number of carbonyl (C=O) groups excluding carboxylic acids is 1. The number of hydrogen-bond acceptors (Lipinski definition) is 4. The number of amides is 1. The second-order valence-electron chi connectivity index (χ2n) is 3.13. The zero-order chi connectivity index (χ0) is 12.0. The van der Waals surface area contributed by atoms with Crippen molar-refractivity contribution in [3.8, 4) is 12.3 Å². The topological polar surface area (TPSA) is 55.6 Å². The normalized spacial score (nSPS) is 9.81. The highest BCUT2D eigenvalue weighted by Crippen LogP contribution is 2.07. The first-order valence-electron chi connectivity index (χ1n) is 4.90. The van der Waals surface area contributed by atoms with Crippen molar-refractivity contribution in [2.45, 2.75) is 13.5 Å². The average molecular weight is 222 g/mol. The summed E-state index contributed by atoms with van der Waals surface area (Å²) in [5.74, 6) is 2.71. The lowest BCUT2D eigenvalue weighted by Gasteiger charge is -2.15. The summed E-state index contributed by atoms with van der Waals surface area (Å²) >= 11 is 0. The zero-order valence-electron chi connectivity index (χ0n) is 9.40. The Morgan fingerprint density at radius 2 is 2.50 bits per heavy atom. The van der Waals surface area contributed by atoms with Gasteiger partial charge in [-0.25, -0.2) is 0 Å². The summed E-state index contributed by atoms with van der Waals surface area (Å²) in [5, 5.41) is 3.67. The molecule has 0 aliphatic carbocycles. The molecule has 0 fully saturated rings. The first-order chi connectivity index (χ1) is 7.72. The molecule has 1 rings (SSSR count). The molecule has 0 N–H and O–H groups in total. The summed E-state index contributed by atoms with van der Waals surface area (Å²) in [5.41, 5.74) is 0.254. The molecule has 0 aliphatic heterocycles. The van der Waals surface area contributed by atoms with Crippen molar-refractivity contribution in [2.75, 3.05) is 20.2 Å². The number of carbonyl (C=O) groups is 1. The van der Waals surface area contributed by atoms with Crippen LogP contribution in [-0.4, -0.2) is 36.2 Å². The highest BCUT2D eigenvalue weighted by molar-refractivity contribution is 5.92. The molecule has 86 valence electrons. The van der Waals surface area contributed by atoms with E-state index < -0.39 is 0 Å². The van der Waals surface area contributed by atoms with Crippen LogP contribution in [-0.2, 0) is 11.3 Å². The molecule has 1 heterocycles. The van der Waals surface area contributed by atoms with E-state index in [1.807, 2.05) is 6.92 Å². The molecule has 0 aromatic carbocycles. The minimum Gasteiger partial charge on any atom is -0.377 e. The van der Waals surface area contributed by atoms with Crippen LogP contribution < -0.4 is 0 Å². The van der Waals surface area contributed by atoms with Gasteiger partial charge in [-0.15, -0.1) is 6.42 Å². The molecule has 1 aromatic heterocycles. The van der Waals surface area contributed by atoms with Crippen molar-refractivity contribution in [1.82, 2.24) is 10.1 Å². The molecule has 0 aliphatic rings. The van der Waals surface area contributed by atoms with Crippen molar-refractivity contribution in [2.24, 2.45) is 0 Å². The first-order valence-corrected chi connectivity index (χ1v) is 4.90. The molecule has 5 heteroatoms. The van der Waals surface area contributed by atoms with Gasteiger partial charge in [0, 0.05) is 19.7 Å². The van der Waals surface area contributed by atoms with Crippen LogP contribution in [0.4, 0.5) is 0 Å². The minimum atomic E-state index is -0.230. The Morgan fingerprint density at radius 3 is 3.06 bits per heavy atom. The Morgan fingerprint density at radius 1 is 1.75 bits per heavy atom. The number of ether oxygens (including phenoxy) is 1. The van der Waals surface area contributed by atoms with Gasteiger partial charge in [0.15, 0.2) is 11.5 Å². The van der Waals surface area contributed by atoms with E-state index in [9.17, 15) is 4.79 Å². The largest absolute Gasteiger partial charge is 0.377 e. The molecule has 16 heavy (non-hydrogen) atoms. The van der Waals surface area contributed by atoms with Crippen LogP contribution in [0, 0.1) is 12.3 Å². The zero-order valence-corrected chi connectivity index (χ0v) is 9.40. The fraction of sp³-hybridized carbons (Fsp3) is 0.455. The molecular weight excluding hydrogens is 208 g/mol. The van der Waals surface area contributed by atoms with E-state index in [0.717, 1.165) is 0 Å². The Bertz CT molecular complexity index is 392. The minimum absolute atomic E-state index is 0.230. The Kier molecular flexibility index (Phi) is 4.55. The van der Waals surface area contributed by atoms with Gasteiger partial charge in [0.25, 0.3) is 5.91 Å². The summed E-state index contributed by atoms with van der Waals surface area (Å²) < 4.78 is 9.79. The third-order valence-corrected chi connectivity index (χ3v) is 2.02. The fourth-order valence-electron chi connectivity index (χ4n) is 1.22. The molecule has 0 unspecified atom stereocenters. The van der Waals surface area contributed by atoms with Gasteiger partial charge in [0.1, 0.15) is 6.61 Å². The van der Waals surface area contributed by atoms with E-state index in [1.54, 1.807) is 13.2 Å². The maximum absolute atomic E-state index is 11.9. The molecule has 0 saturated heterocycles. The van der Waals surface area contributed by atoms with Crippen molar-refractivity contribution >= 4 is 5.91 Å². The van der Waals surface area contributed by atoms with Crippen LogP contribution in [0.25, 0.3) is 0 Å². The van der Waals surface area contributed by atoms with Crippen LogP contribution in [0.15, 0.2) is 10.6 Å². The lowest BCUT2D eigenvalue weighted by atomic mass is 10.3. The quantitative estimate of drug-likeness (QED) is 0.695. The number of aromatic nitrogens is 1. The molecule has 1 amide bonds.